The fraction of sp³-hybridized carbons (Fsp3) is 0.444. The van der Waals surface area contributed by atoms with Crippen LogP contribution in [-0.4, -0.2) is 96.4 Å². The number of nitrogens with one attached hydrogen (secondary N) is 1. The number of nitrogens with two attached hydrogens (primary N) is 1. The van der Waals surface area contributed by atoms with Crippen LogP contribution < -0.4 is 15.4 Å². The molecule has 218 valence electrons. The van der Waals surface area contributed by atoms with Crippen LogP contribution in [0.3, 0.4) is 0 Å². The average molecular weight is 566 g/mol. The minimum Gasteiger partial charge on any atom is -0.497 e. The summed E-state index contributed by atoms with van der Waals surface area (Å²) in [5.41, 5.74) is 8.27. The first-order valence-corrected chi connectivity index (χ1v) is 12.7. The van der Waals surface area contributed by atoms with Crippen LogP contribution in [0.15, 0.2) is 48.5 Å². The summed E-state index contributed by atoms with van der Waals surface area (Å²) in [5.74, 6) is -2.74. The molecule has 13 heteroatoms. The van der Waals surface area contributed by atoms with Crippen molar-refractivity contribution < 1.29 is 37.7 Å². The Kier molecular flexibility index (Phi) is 10.3. The van der Waals surface area contributed by atoms with E-state index in [-0.39, 0.29) is 5.84 Å². The number of piperazine rings is 1. The number of likely N-dealkylation sites (tertiary alicyclic amines) is 1. The van der Waals surface area contributed by atoms with E-state index in [1.54, 1.807) is 7.11 Å². The molecule has 2 aromatic rings. The Labute approximate surface area is 230 Å². The van der Waals surface area contributed by atoms with Gasteiger partial charge < -0.3 is 25.6 Å². The molecule has 5 N–H and O–H groups in total. The number of carboxylic acids is 2. The van der Waals surface area contributed by atoms with Crippen LogP contribution >= 0.6 is 0 Å². The molecule has 2 heterocycles. The van der Waals surface area contributed by atoms with Gasteiger partial charge in [0.2, 0.25) is 0 Å². The van der Waals surface area contributed by atoms with Crippen molar-refractivity contribution in [3.63, 3.8) is 0 Å². The van der Waals surface area contributed by atoms with Crippen molar-refractivity contribution in [2.24, 2.45) is 5.73 Å². The number of anilines is 1. The van der Waals surface area contributed by atoms with Crippen molar-refractivity contribution in [2.45, 2.75) is 31.1 Å². The smallest absolute Gasteiger partial charge is 0.490 e. The highest BCUT2D eigenvalue weighted by Crippen LogP contribution is 2.29. The third kappa shape index (κ3) is 8.09. The fourth-order valence-electron chi connectivity index (χ4n) is 5.00. The summed E-state index contributed by atoms with van der Waals surface area (Å²) in [4.78, 5) is 28.0. The zero-order valence-corrected chi connectivity index (χ0v) is 22.1. The highest BCUT2D eigenvalue weighted by molar-refractivity contribution is 5.95. The summed E-state index contributed by atoms with van der Waals surface area (Å²) >= 11 is 0. The highest BCUT2D eigenvalue weighted by atomic mass is 19.4. The Bertz CT molecular complexity index is 1140. The fourth-order valence-corrected chi connectivity index (χ4v) is 5.00. The van der Waals surface area contributed by atoms with E-state index in [1.165, 1.54) is 5.69 Å². The number of nitrogen functional groups attached to an aromatic ring is 1. The second-order valence-electron chi connectivity index (χ2n) is 9.57. The quantitative estimate of drug-likeness (QED) is 0.294. The molecular weight excluding hydrogens is 531 g/mol. The van der Waals surface area contributed by atoms with Crippen molar-refractivity contribution >= 4 is 23.5 Å². The summed E-state index contributed by atoms with van der Waals surface area (Å²) in [6.45, 7) is 5.48. The van der Waals surface area contributed by atoms with Gasteiger partial charge in [-0.1, -0.05) is 12.1 Å². The number of methoxy groups -OCH3 is 1. The van der Waals surface area contributed by atoms with Crippen molar-refractivity contribution in [3.8, 4) is 5.75 Å². The predicted octanol–water partition coefficient (Wildman–Crippen LogP) is 3.02. The number of amidine groups is 1. The largest absolute Gasteiger partial charge is 0.497 e. The van der Waals surface area contributed by atoms with Gasteiger partial charge in [-0.3, -0.25) is 20.0 Å². The number of benzene rings is 2. The molecule has 0 bridgehead atoms. The topological polar surface area (TPSA) is 143 Å². The van der Waals surface area contributed by atoms with Crippen molar-refractivity contribution in [3.05, 3.63) is 59.7 Å². The number of piperidine rings is 1. The van der Waals surface area contributed by atoms with Crippen molar-refractivity contribution in [1.82, 2.24) is 9.80 Å². The van der Waals surface area contributed by atoms with Gasteiger partial charge >= 0.3 is 18.1 Å². The number of halogens is 3. The molecule has 2 aromatic carbocycles. The molecule has 0 amide bonds. The Morgan fingerprint density at radius 2 is 1.48 bits per heavy atom. The number of hydrogen-bond acceptors (Lipinski definition) is 7. The number of carboxylic acid groups (broad SMARTS) is 2. The first-order chi connectivity index (χ1) is 18.9. The Morgan fingerprint density at radius 3 is 1.90 bits per heavy atom. The van der Waals surface area contributed by atoms with Crippen molar-refractivity contribution in [1.29, 1.82) is 5.41 Å². The van der Waals surface area contributed by atoms with Crippen LogP contribution in [0.5, 0.6) is 5.75 Å². The molecule has 0 spiro atoms. The maximum Gasteiger partial charge on any atom is 0.490 e. The molecule has 10 nitrogen and oxygen atoms in total. The number of alkyl halides is 3. The van der Waals surface area contributed by atoms with E-state index in [1.807, 2.05) is 48.5 Å². The minimum absolute atomic E-state index is 0.0924. The summed E-state index contributed by atoms with van der Waals surface area (Å²) in [7, 11) is 1.61. The second kappa shape index (κ2) is 13.5. The molecule has 1 unspecified atom stereocenters. The maximum absolute atomic E-state index is 12.1. The lowest BCUT2D eigenvalue weighted by atomic mass is 9.97. The molecule has 40 heavy (non-hydrogen) atoms. The SMILES string of the molecule is COc1ccc(C(C(=O)O)N2CCC(N3CCN(c4ccc(C(=N)N)cc4)CC3)CC2)cc1.O=C(O)C(F)(F)F. The van der Waals surface area contributed by atoms with Gasteiger partial charge in [0, 0.05) is 56.6 Å². The molecule has 1 atom stereocenters. The summed E-state index contributed by atoms with van der Waals surface area (Å²) in [6, 6.07) is 15.1. The predicted molar refractivity (Wildman–Crippen MR) is 143 cm³/mol. The lowest BCUT2D eigenvalue weighted by Crippen LogP contribution is -2.54. The van der Waals surface area contributed by atoms with Crippen LogP contribution in [0.4, 0.5) is 18.9 Å². The highest BCUT2D eigenvalue weighted by Gasteiger charge is 2.38. The minimum atomic E-state index is -5.08. The lowest BCUT2D eigenvalue weighted by Gasteiger charge is -2.44. The standard InChI is InChI=1S/C25H33N5O3.C2HF3O2/c1-33-22-8-4-18(5-9-22)23(25(31)32)30-12-10-21(11-13-30)29-16-14-28(15-17-29)20-6-2-19(3-7-20)24(26)27;3-2(4,5)1(6)7/h2-9,21,23H,10-17H2,1H3,(H3,26,27)(H,31,32);(H,6,7). The van der Waals surface area contributed by atoms with Gasteiger partial charge in [0.15, 0.2) is 0 Å². The van der Waals surface area contributed by atoms with E-state index >= 15 is 0 Å². The Balaban J connectivity index is 0.000000559. The van der Waals surface area contributed by atoms with Crippen LogP contribution in [0.1, 0.15) is 30.0 Å². The van der Waals surface area contributed by atoms with Gasteiger partial charge in [-0.2, -0.15) is 13.2 Å². The van der Waals surface area contributed by atoms with Gasteiger partial charge in [-0.25, -0.2) is 4.79 Å². The zero-order valence-electron chi connectivity index (χ0n) is 22.1. The first kappa shape index (κ1) is 30.7. The van der Waals surface area contributed by atoms with E-state index in [4.69, 9.17) is 25.8 Å². The monoisotopic (exact) mass is 565 g/mol. The molecular formula is C27H34F3N5O5. The van der Waals surface area contributed by atoms with Gasteiger partial charge in [0.1, 0.15) is 17.6 Å². The lowest BCUT2D eigenvalue weighted by molar-refractivity contribution is -0.192. The van der Waals surface area contributed by atoms with Crippen LogP contribution in [0.2, 0.25) is 0 Å². The number of nitrogens with zero attached hydrogens (tertiary/aromatic N) is 3. The summed E-state index contributed by atoms with van der Waals surface area (Å²) in [6.07, 6.45) is -3.12. The van der Waals surface area contributed by atoms with E-state index < -0.39 is 24.2 Å². The maximum atomic E-state index is 12.1. The molecule has 2 saturated heterocycles. The van der Waals surface area contributed by atoms with Crippen molar-refractivity contribution in [2.75, 3.05) is 51.3 Å². The van der Waals surface area contributed by atoms with E-state index in [0.29, 0.717) is 6.04 Å². The van der Waals surface area contributed by atoms with Gasteiger partial charge in [-0.05, 0) is 54.8 Å². The third-order valence-electron chi connectivity index (χ3n) is 7.15. The number of aliphatic carboxylic acids is 2. The second-order valence-corrected chi connectivity index (χ2v) is 9.57. The molecule has 2 fully saturated rings. The molecule has 4 rings (SSSR count). The molecule has 0 aromatic heterocycles. The number of ether oxygens (including phenoxy) is 1. The molecule has 2 aliphatic heterocycles. The van der Waals surface area contributed by atoms with Crippen LogP contribution in [-0.2, 0) is 9.59 Å². The first-order valence-electron chi connectivity index (χ1n) is 12.7. The number of rotatable bonds is 7. The zero-order chi connectivity index (χ0) is 29.4. The van der Waals surface area contributed by atoms with E-state index in [0.717, 1.165) is 69.0 Å². The summed E-state index contributed by atoms with van der Waals surface area (Å²) in [5, 5.41) is 24.6. The number of hydrogen-bond donors (Lipinski definition) is 4. The average Bonchev–Trinajstić information content (AvgIpc) is 2.94. The molecule has 0 saturated carbocycles. The molecule has 0 aliphatic carbocycles. The Hall–Kier alpha value is -3.84. The van der Waals surface area contributed by atoms with Gasteiger partial charge in [0.05, 0.1) is 7.11 Å². The molecule has 2 aliphatic rings. The van der Waals surface area contributed by atoms with Crippen LogP contribution in [0.25, 0.3) is 0 Å². The molecule has 0 radical (unpaired) electrons. The summed E-state index contributed by atoms with van der Waals surface area (Å²) < 4.78 is 36.9. The third-order valence-corrected chi connectivity index (χ3v) is 7.15. The van der Waals surface area contributed by atoms with E-state index in [2.05, 4.69) is 14.7 Å². The number of carbonyl (C=O) groups is 2. The Morgan fingerprint density at radius 1 is 0.950 bits per heavy atom. The van der Waals surface area contributed by atoms with Gasteiger partial charge in [-0.15, -0.1) is 0 Å². The van der Waals surface area contributed by atoms with E-state index in [9.17, 15) is 23.1 Å². The van der Waals surface area contributed by atoms with Gasteiger partial charge in [0.25, 0.3) is 0 Å². The van der Waals surface area contributed by atoms with Crippen LogP contribution in [0, 0.1) is 5.41 Å². The normalized spacial score (nSPS) is 17.9.